The van der Waals surface area contributed by atoms with E-state index in [0.29, 0.717) is 6.54 Å². The molecule has 0 saturated heterocycles. The molecule has 19 heavy (non-hydrogen) atoms. The fraction of sp³-hybridized carbons (Fsp3) is 0.385. The topological polar surface area (TPSA) is 58.2 Å². The molecule has 1 rings (SSSR count). The zero-order valence-electron chi connectivity index (χ0n) is 10.8. The van der Waals surface area contributed by atoms with Gasteiger partial charge in [0.15, 0.2) is 0 Å². The Hall–Kier alpha value is -1.43. The van der Waals surface area contributed by atoms with Crippen molar-refractivity contribution in [1.82, 2.24) is 10.6 Å². The average molecular weight is 331 g/mol. The molecule has 1 aromatic rings. The van der Waals surface area contributed by atoms with Crippen molar-refractivity contribution in [3.8, 4) is 0 Å². The first kappa shape index (κ1) is 15.6. The lowest BCUT2D eigenvalue weighted by Crippen LogP contribution is -2.45. The normalized spacial score (nSPS) is 11.8. The molecule has 4 nitrogen and oxygen atoms in total. The summed E-state index contributed by atoms with van der Waals surface area (Å²) < 4.78 is 13.6. The molecule has 104 valence electrons. The maximum Gasteiger partial charge on any atom is 0.252 e. The van der Waals surface area contributed by atoms with Crippen LogP contribution < -0.4 is 10.6 Å². The van der Waals surface area contributed by atoms with Crippen molar-refractivity contribution in [2.45, 2.75) is 26.3 Å². The minimum absolute atomic E-state index is 0.177. The summed E-state index contributed by atoms with van der Waals surface area (Å²) in [5.41, 5.74) is 0.177. The van der Waals surface area contributed by atoms with Crippen LogP contribution in [-0.2, 0) is 4.79 Å². The van der Waals surface area contributed by atoms with Gasteiger partial charge in [-0.2, -0.15) is 0 Å². The zero-order chi connectivity index (χ0) is 14.4. The van der Waals surface area contributed by atoms with Crippen molar-refractivity contribution in [1.29, 1.82) is 0 Å². The Kier molecular flexibility index (Phi) is 5.95. The molecule has 0 spiro atoms. The Morgan fingerprint density at radius 1 is 1.42 bits per heavy atom. The van der Waals surface area contributed by atoms with Crippen LogP contribution in [0.5, 0.6) is 0 Å². The minimum Gasteiger partial charge on any atom is -0.354 e. The molecule has 0 bridgehead atoms. The Morgan fingerprint density at radius 3 is 2.68 bits per heavy atom. The molecular weight excluding hydrogens is 315 g/mol. The second-order valence-corrected chi connectivity index (χ2v) is 4.97. The third-order valence-corrected chi connectivity index (χ3v) is 3.12. The van der Waals surface area contributed by atoms with Gasteiger partial charge in [-0.3, -0.25) is 9.59 Å². The molecule has 2 amide bonds. The smallest absolute Gasteiger partial charge is 0.252 e. The summed E-state index contributed by atoms with van der Waals surface area (Å²) >= 11 is 3.01. The number of hydrogen-bond donors (Lipinski definition) is 2. The first-order chi connectivity index (χ1) is 8.95. The van der Waals surface area contributed by atoms with E-state index in [1.165, 1.54) is 12.1 Å². The molecule has 0 aromatic heterocycles. The van der Waals surface area contributed by atoms with Gasteiger partial charge in [-0.15, -0.1) is 0 Å². The van der Waals surface area contributed by atoms with E-state index in [4.69, 9.17) is 0 Å². The highest BCUT2D eigenvalue weighted by molar-refractivity contribution is 9.10. The first-order valence-corrected chi connectivity index (χ1v) is 6.78. The fourth-order valence-corrected chi connectivity index (χ4v) is 1.63. The number of carbonyl (C=O) groups excluding carboxylic acids is 2. The quantitative estimate of drug-likeness (QED) is 0.869. The monoisotopic (exact) mass is 330 g/mol. The van der Waals surface area contributed by atoms with E-state index in [0.717, 1.165) is 12.5 Å². The van der Waals surface area contributed by atoms with Crippen LogP contribution in [-0.4, -0.2) is 24.4 Å². The van der Waals surface area contributed by atoms with Gasteiger partial charge in [-0.1, -0.05) is 6.92 Å². The van der Waals surface area contributed by atoms with Crippen molar-refractivity contribution < 1.29 is 14.0 Å². The van der Waals surface area contributed by atoms with Crippen LogP contribution >= 0.6 is 15.9 Å². The van der Waals surface area contributed by atoms with Gasteiger partial charge < -0.3 is 10.6 Å². The van der Waals surface area contributed by atoms with Crippen molar-refractivity contribution >= 4 is 27.7 Å². The number of rotatable bonds is 5. The van der Waals surface area contributed by atoms with Crippen molar-refractivity contribution in [2.24, 2.45) is 0 Å². The van der Waals surface area contributed by atoms with Gasteiger partial charge in [0.05, 0.1) is 4.47 Å². The van der Waals surface area contributed by atoms with Gasteiger partial charge >= 0.3 is 0 Å². The molecular formula is C13H16BrFN2O2. The lowest BCUT2D eigenvalue weighted by Gasteiger charge is -2.13. The van der Waals surface area contributed by atoms with Gasteiger partial charge in [-0.05, 0) is 47.5 Å². The highest BCUT2D eigenvalue weighted by Gasteiger charge is 2.16. The summed E-state index contributed by atoms with van der Waals surface area (Å²) in [6, 6.07) is 3.40. The van der Waals surface area contributed by atoms with E-state index in [-0.39, 0.29) is 15.9 Å². The number of benzene rings is 1. The standard InChI is InChI=1S/C13H16BrFN2O2/c1-3-6-16-12(18)8(2)17-13(19)9-4-5-10(14)11(15)7-9/h4-5,7-8H,3,6H2,1-2H3,(H,16,18)(H,17,19). The highest BCUT2D eigenvalue weighted by atomic mass is 79.9. The van der Waals surface area contributed by atoms with Crippen LogP contribution in [0, 0.1) is 5.82 Å². The van der Waals surface area contributed by atoms with E-state index in [1.807, 2.05) is 6.92 Å². The Labute approximate surface area is 119 Å². The minimum atomic E-state index is -0.661. The van der Waals surface area contributed by atoms with E-state index < -0.39 is 17.8 Å². The number of hydrogen-bond acceptors (Lipinski definition) is 2. The molecule has 0 saturated carbocycles. The molecule has 0 radical (unpaired) electrons. The molecule has 0 fully saturated rings. The zero-order valence-corrected chi connectivity index (χ0v) is 12.4. The van der Waals surface area contributed by atoms with Crippen LogP contribution in [0.3, 0.4) is 0 Å². The maximum absolute atomic E-state index is 13.3. The molecule has 6 heteroatoms. The number of halogens is 2. The van der Waals surface area contributed by atoms with Gasteiger partial charge in [0.2, 0.25) is 5.91 Å². The molecule has 1 unspecified atom stereocenters. The summed E-state index contributed by atoms with van der Waals surface area (Å²) in [6.07, 6.45) is 0.824. The molecule has 0 aliphatic rings. The Balaban J connectivity index is 2.63. The van der Waals surface area contributed by atoms with Crippen LogP contribution in [0.2, 0.25) is 0 Å². The van der Waals surface area contributed by atoms with Crippen LogP contribution in [0.4, 0.5) is 4.39 Å². The lowest BCUT2D eigenvalue weighted by molar-refractivity contribution is -0.122. The third-order valence-electron chi connectivity index (χ3n) is 2.47. The Morgan fingerprint density at radius 2 is 2.11 bits per heavy atom. The maximum atomic E-state index is 13.3. The average Bonchev–Trinajstić information content (AvgIpc) is 2.38. The molecule has 1 atom stereocenters. The summed E-state index contributed by atoms with van der Waals surface area (Å²) in [5.74, 6) is -1.26. The van der Waals surface area contributed by atoms with Gasteiger partial charge in [0.1, 0.15) is 11.9 Å². The van der Waals surface area contributed by atoms with Gasteiger partial charge in [0, 0.05) is 12.1 Å². The summed E-state index contributed by atoms with van der Waals surface area (Å²) in [7, 11) is 0. The van der Waals surface area contributed by atoms with Gasteiger partial charge in [0.25, 0.3) is 5.91 Å². The highest BCUT2D eigenvalue weighted by Crippen LogP contribution is 2.16. The van der Waals surface area contributed by atoms with E-state index >= 15 is 0 Å². The van der Waals surface area contributed by atoms with Crippen LogP contribution in [0.15, 0.2) is 22.7 Å². The van der Waals surface area contributed by atoms with E-state index in [2.05, 4.69) is 26.6 Å². The summed E-state index contributed by atoms with van der Waals surface area (Å²) in [4.78, 5) is 23.4. The number of nitrogens with one attached hydrogen (secondary N) is 2. The summed E-state index contributed by atoms with van der Waals surface area (Å²) in [6.45, 7) is 4.08. The van der Waals surface area contributed by atoms with E-state index in [9.17, 15) is 14.0 Å². The second kappa shape index (κ2) is 7.23. The molecule has 2 N–H and O–H groups in total. The van der Waals surface area contributed by atoms with Crippen LogP contribution in [0.25, 0.3) is 0 Å². The van der Waals surface area contributed by atoms with Crippen LogP contribution in [0.1, 0.15) is 30.6 Å². The van der Waals surface area contributed by atoms with Crippen molar-refractivity contribution in [3.63, 3.8) is 0 Å². The number of amides is 2. The predicted molar refractivity (Wildman–Crippen MR) is 74.3 cm³/mol. The van der Waals surface area contributed by atoms with Crippen molar-refractivity contribution in [2.75, 3.05) is 6.54 Å². The molecule has 0 aliphatic heterocycles. The molecule has 0 heterocycles. The third kappa shape index (κ3) is 4.63. The Bertz CT molecular complexity index is 480. The molecule has 0 aliphatic carbocycles. The van der Waals surface area contributed by atoms with E-state index in [1.54, 1.807) is 6.92 Å². The van der Waals surface area contributed by atoms with Gasteiger partial charge in [-0.25, -0.2) is 4.39 Å². The summed E-state index contributed by atoms with van der Waals surface area (Å²) in [5, 5.41) is 5.19. The number of carbonyl (C=O) groups is 2. The first-order valence-electron chi connectivity index (χ1n) is 5.99. The fourth-order valence-electron chi connectivity index (χ4n) is 1.38. The largest absolute Gasteiger partial charge is 0.354 e. The SMILES string of the molecule is CCCNC(=O)C(C)NC(=O)c1ccc(Br)c(F)c1. The second-order valence-electron chi connectivity index (χ2n) is 4.12. The lowest BCUT2D eigenvalue weighted by atomic mass is 10.2. The molecule has 1 aromatic carbocycles. The predicted octanol–water partition coefficient (Wildman–Crippen LogP) is 2.23. The van der Waals surface area contributed by atoms with Crippen molar-refractivity contribution in [3.05, 3.63) is 34.1 Å².